The highest BCUT2D eigenvalue weighted by molar-refractivity contribution is 5.96. The second kappa shape index (κ2) is 12.7. The van der Waals surface area contributed by atoms with Crippen molar-refractivity contribution in [3.8, 4) is 34.2 Å². The molecule has 3 N–H and O–H groups in total. The lowest BCUT2D eigenvalue weighted by Crippen LogP contribution is -2.50. The summed E-state index contributed by atoms with van der Waals surface area (Å²) in [6.45, 7) is 6.49. The van der Waals surface area contributed by atoms with Gasteiger partial charge in [0.2, 0.25) is 0 Å². The van der Waals surface area contributed by atoms with Crippen LogP contribution in [-0.4, -0.2) is 60.5 Å². The highest BCUT2D eigenvalue weighted by Crippen LogP contribution is 2.35. The van der Waals surface area contributed by atoms with Crippen LogP contribution in [0.3, 0.4) is 0 Å². The van der Waals surface area contributed by atoms with E-state index < -0.39 is 5.60 Å². The number of piperidine rings is 1. The molecule has 2 heterocycles. The number of anilines is 1. The van der Waals surface area contributed by atoms with Crippen molar-refractivity contribution < 1.29 is 23.8 Å². The number of para-hydroxylation sites is 1. The number of pyridine rings is 1. The SMILES string of the molecule is COCOc1ccccc1-c1cc(-c2cccc(C(=O)NC3CCCN(C(=O)OC(C)(C)C)C3)c2)c(C#N)c(N)n1. The van der Waals surface area contributed by atoms with Gasteiger partial charge in [0.05, 0.1) is 5.69 Å². The Morgan fingerprint density at radius 3 is 2.66 bits per heavy atom. The van der Waals surface area contributed by atoms with Crippen molar-refractivity contribution in [1.82, 2.24) is 15.2 Å². The van der Waals surface area contributed by atoms with E-state index in [9.17, 15) is 14.9 Å². The standard InChI is InChI=1S/C31H35N5O5/c1-31(2,3)41-30(38)36-14-8-11-22(18-36)34-29(37)21-10-7-9-20(15-21)24-16-26(35-28(33)25(24)17-32)23-12-5-6-13-27(23)40-19-39-4/h5-7,9-10,12-13,15-16,22H,8,11,14,18-19H2,1-4H3,(H2,33,35)(H,34,37). The topological polar surface area (TPSA) is 140 Å². The Labute approximate surface area is 240 Å². The molecule has 10 nitrogen and oxygen atoms in total. The monoisotopic (exact) mass is 557 g/mol. The molecule has 214 valence electrons. The molecule has 41 heavy (non-hydrogen) atoms. The van der Waals surface area contributed by atoms with Gasteiger partial charge >= 0.3 is 6.09 Å². The van der Waals surface area contributed by atoms with E-state index in [0.29, 0.717) is 46.8 Å². The third-order valence-corrected chi connectivity index (χ3v) is 6.50. The molecule has 2 amide bonds. The minimum atomic E-state index is -0.592. The quantitative estimate of drug-likeness (QED) is 0.388. The predicted octanol–water partition coefficient (Wildman–Crippen LogP) is 4.98. The molecule has 1 fully saturated rings. The van der Waals surface area contributed by atoms with Gasteiger partial charge in [-0.05, 0) is 69.5 Å². The van der Waals surface area contributed by atoms with Crippen LogP contribution in [0, 0.1) is 11.3 Å². The zero-order valence-electron chi connectivity index (χ0n) is 23.8. The van der Waals surface area contributed by atoms with Crippen LogP contribution in [0.2, 0.25) is 0 Å². The number of nitriles is 1. The molecular weight excluding hydrogens is 522 g/mol. The molecule has 10 heteroatoms. The summed E-state index contributed by atoms with van der Waals surface area (Å²) < 4.78 is 16.2. The van der Waals surface area contributed by atoms with Crippen molar-refractivity contribution in [3.05, 3.63) is 65.7 Å². The molecule has 1 aliphatic rings. The molecule has 1 saturated heterocycles. The van der Waals surface area contributed by atoms with Crippen molar-refractivity contribution in [2.45, 2.75) is 45.3 Å². The summed E-state index contributed by atoms with van der Waals surface area (Å²) in [5, 5.41) is 12.9. The number of nitrogens with one attached hydrogen (secondary N) is 1. The summed E-state index contributed by atoms with van der Waals surface area (Å²) in [4.78, 5) is 31.9. The number of carbonyl (C=O) groups is 2. The number of hydrogen-bond acceptors (Lipinski definition) is 8. The van der Waals surface area contributed by atoms with Gasteiger partial charge in [0.1, 0.15) is 28.8 Å². The lowest BCUT2D eigenvalue weighted by atomic mass is 9.96. The molecular formula is C31H35N5O5. The maximum Gasteiger partial charge on any atom is 0.410 e. The second-order valence-corrected chi connectivity index (χ2v) is 10.8. The zero-order chi connectivity index (χ0) is 29.6. The lowest BCUT2D eigenvalue weighted by molar-refractivity contribution is 0.0185. The van der Waals surface area contributed by atoms with Crippen LogP contribution >= 0.6 is 0 Å². The van der Waals surface area contributed by atoms with E-state index >= 15 is 0 Å². The number of likely N-dealkylation sites (tertiary alicyclic amines) is 1. The van der Waals surface area contributed by atoms with Gasteiger partial charge < -0.3 is 30.2 Å². The summed E-state index contributed by atoms with van der Waals surface area (Å²) >= 11 is 0. The Morgan fingerprint density at radius 2 is 1.93 bits per heavy atom. The van der Waals surface area contributed by atoms with Crippen molar-refractivity contribution in [1.29, 1.82) is 5.26 Å². The molecule has 0 radical (unpaired) electrons. The second-order valence-electron chi connectivity index (χ2n) is 10.8. The highest BCUT2D eigenvalue weighted by atomic mass is 16.7. The fourth-order valence-corrected chi connectivity index (χ4v) is 4.66. The van der Waals surface area contributed by atoms with Gasteiger partial charge in [0, 0.05) is 42.9 Å². The molecule has 0 bridgehead atoms. The maximum absolute atomic E-state index is 13.3. The number of hydrogen-bond donors (Lipinski definition) is 2. The van der Waals surface area contributed by atoms with Gasteiger partial charge in [-0.15, -0.1) is 0 Å². The Bertz CT molecular complexity index is 1460. The molecule has 4 rings (SSSR count). The highest BCUT2D eigenvalue weighted by Gasteiger charge is 2.28. The fraction of sp³-hybridized carbons (Fsp3) is 0.355. The van der Waals surface area contributed by atoms with Gasteiger partial charge in [0.15, 0.2) is 6.79 Å². The normalized spacial score (nSPS) is 15.1. The van der Waals surface area contributed by atoms with E-state index in [1.165, 1.54) is 7.11 Å². The summed E-state index contributed by atoms with van der Waals surface area (Å²) in [6.07, 6.45) is 1.12. The third kappa shape index (κ3) is 7.32. The number of amides is 2. The number of aromatic nitrogens is 1. The molecule has 1 atom stereocenters. The van der Waals surface area contributed by atoms with Crippen LogP contribution < -0.4 is 15.8 Å². The van der Waals surface area contributed by atoms with E-state index in [2.05, 4.69) is 16.4 Å². The largest absolute Gasteiger partial charge is 0.467 e. The van der Waals surface area contributed by atoms with Gasteiger partial charge in [-0.25, -0.2) is 9.78 Å². The Morgan fingerprint density at radius 1 is 1.15 bits per heavy atom. The molecule has 1 unspecified atom stereocenters. The Hall–Kier alpha value is -4.62. The third-order valence-electron chi connectivity index (χ3n) is 6.50. The predicted molar refractivity (Wildman–Crippen MR) is 155 cm³/mol. The van der Waals surface area contributed by atoms with E-state index in [0.717, 1.165) is 12.8 Å². The Kier molecular flexibility index (Phi) is 9.10. The van der Waals surface area contributed by atoms with E-state index in [-0.39, 0.29) is 36.2 Å². The first-order valence-electron chi connectivity index (χ1n) is 13.4. The fourth-order valence-electron chi connectivity index (χ4n) is 4.66. The van der Waals surface area contributed by atoms with Crippen molar-refractivity contribution in [2.24, 2.45) is 0 Å². The molecule has 2 aromatic carbocycles. The van der Waals surface area contributed by atoms with Crippen molar-refractivity contribution >= 4 is 17.8 Å². The average molecular weight is 558 g/mol. The zero-order valence-corrected chi connectivity index (χ0v) is 23.8. The lowest BCUT2D eigenvalue weighted by Gasteiger charge is -2.34. The van der Waals surface area contributed by atoms with Gasteiger partial charge in [-0.2, -0.15) is 5.26 Å². The van der Waals surface area contributed by atoms with Crippen LogP contribution in [0.5, 0.6) is 5.75 Å². The molecule has 1 aliphatic heterocycles. The first kappa shape index (κ1) is 29.4. The van der Waals surface area contributed by atoms with Crippen LogP contribution in [0.25, 0.3) is 22.4 Å². The van der Waals surface area contributed by atoms with Crippen LogP contribution in [0.4, 0.5) is 10.6 Å². The summed E-state index contributed by atoms with van der Waals surface area (Å²) in [7, 11) is 1.53. The number of nitrogen functional groups attached to an aromatic ring is 1. The smallest absolute Gasteiger partial charge is 0.410 e. The summed E-state index contributed by atoms with van der Waals surface area (Å²) in [5.74, 6) is 0.348. The van der Waals surface area contributed by atoms with Crippen LogP contribution in [0.15, 0.2) is 54.6 Å². The molecule has 3 aromatic rings. The first-order chi connectivity index (χ1) is 19.6. The molecule has 0 aliphatic carbocycles. The molecule has 0 saturated carbocycles. The van der Waals surface area contributed by atoms with Gasteiger partial charge in [-0.1, -0.05) is 24.3 Å². The maximum atomic E-state index is 13.3. The van der Waals surface area contributed by atoms with E-state index in [1.807, 2.05) is 45.0 Å². The minimum absolute atomic E-state index is 0.0588. The number of carbonyl (C=O) groups excluding carboxylic acids is 2. The number of nitrogens with zero attached hydrogens (tertiary/aromatic N) is 3. The summed E-state index contributed by atoms with van der Waals surface area (Å²) in [5.41, 5.74) is 8.65. The average Bonchev–Trinajstić information content (AvgIpc) is 2.95. The van der Waals surface area contributed by atoms with E-state index in [1.54, 1.807) is 35.2 Å². The minimum Gasteiger partial charge on any atom is -0.467 e. The molecule has 0 spiro atoms. The number of benzene rings is 2. The van der Waals surface area contributed by atoms with Crippen molar-refractivity contribution in [2.75, 3.05) is 32.7 Å². The van der Waals surface area contributed by atoms with E-state index in [4.69, 9.17) is 19.9 Å². The number of rotatable bonds is 7. The van der Waals surface area contributed by atoms with Gasteiger partial charge in [-0.3, -0.25) is 4.79 Å². The molecule has 1 aromatic heterocycles. The van der Waals surface area contributed by atoms with Gasteiger partial charge in [0.25, 0.3) is 5.91 Å². The number of nitrogens with two attached hydrogens (primary N) is 1. The van der Waals surface area contributed by atoms with Crippen molar-refractivity contribution in [3.63, 3.8) is 0 Å². The number of ether oxygens (including phenoxy) is 3. The van der Waals surface area contributed by atoms with Crippen LogP contribution in [0.1, 0.15) is 49.5 Å². The Balaban J connectivity index is 1.59. The first-order valence-corrected chi connectivity index (χ1v) is 13.4. The summed E-state index contributed by atoms with van der Waals surface area (Å²) in [6, 6.07) is 18.0. The number of methoxy groups -OCH3 is 1. The van der Waals surface area contributed by atoms with Crippen LogP contribution in [-0.2, 0) is 9.47 Å².